The molecule has 2 aliphatic heterocycles. The number of hydrogen-bond donors (Lipinski definition) is 1. The molecule has 0 radical (unpaired) electrons. The lowest BCUT2D eigenvalue weighted by Gasteiger charge is -2.13. The van der Waals surface area contributed by atoms with E-state index in [1.54, 1.807) is 42.5 Å². The summed E-state index contributed by atoms with van der Waals surface area (Å²) in [7, 11) is 0. The monoisotopic (exact) mass is 408 g/mol. The van der Waals surface area contributed by atoms with Crippen LogP contribution in [0.3, 0.4) is 0 Å². The zero-order valence-corrected chi connectivity index (χ0v) is 15.6. The number of rotatable bonds is 4. The van der Waals surface area contributed by atoms with Crippen molar-refractivity contribution in [1.82, 2.24) is 5.32 Å². The molecule has 0 bridgehead atoms. The van der Waals surface area contributed by atoms with Gasteiger partial charge in [0.1, 0.15) is 11.7 Å². The first kappa shape index (κ1) is 18.0. The predicted octanol–water partition coefficient (Wildman–Crippen LogP) is 2.28. The smallest absolute Gasteiger partial charge is 0.414 e. The highest BCUT2D eigenvalue weighted by atomic mass is 16.7. The molecular formula is C21H16N2O7. The second kappa shape index (κ2) is 7.11. The molecule has 1 atom stereocenters. The SMILES string of the molecule is O=C(NC[C@H]1CN(c2ccc3c(c2)OCO3)C(=O)O1)c1cc(=O)c2ccccc2o1. The van der Waals surface area contributed by atoms with Crippen molar-refractivity contribution in [2.75, 3.05) is 24.8 Å². The lowest BCUT2D eigenvalue weighted by molar-refractivity contribution is 0.0890. The van der Waals surface area contributed by atoms with Gasteiger partial charge in [-0.3, -0.25) is 14.5 Å². The van der Waals surface area contributed by atoms with Crippen LogP contribution in [0.2, 0.25) is 0 Å². The molecule has 9 nitrogen and oxygen atoms in total. The van der Waals surface area contributed by atoms with Gasteiger partial charge >= 0.3 is 6.09 Å². The van der Waals surface area contributed by atoms with E-state index in [4.69, 9.17) is 18.6 Å². The summed E-state index contributed by atoms with van der Waals surface area (Å²) in [6, 6.07) is 13.0. The Morgan fingerprint density at radius 3 is 2.80 bits per heavy atom. The maximum absolute atomic E-state index is 12.4. The number of carbonyl (C=O) groups excluding carboxylic acids is 2. The second-order valence-electron chi connectivity index (χ2n) is 6.84. The first-order chi connectivity index (χ1) is 14.6. The molecule has 1 saturated heterocycles. The number of para-hydroxylation sites is 1. The van der Waals surface area contributed by atoms with Crippen LogP contribution in [0.4, 0.5) is 10.5 Å². The number of amides is 2. The van der Waals surface area contributed by atoms with E-state index in [0.29, 0.717) is 28.2 Å². The molecule has 30 heavy (non-hydrogen) atoms. The summed E-state index contributed by atoms with van der Waals surface area (Å²) in [6.07, 6.45) is -1.08. The Morgan fingerprint density at radius 2 is 1.90 bits per heavy atom. The van der Waals surface area contributed by atoms with Crippen molar-refractivity contribution in [2.45, 2.75) is 6.10 Å². The van der Waals surface area contributed by atoms with Gasteiger partial charge in [0.25, 0.3) is 5.91 Å². The minimum atomic E-state index is -0.560. The number of carbonyl (C=O) groups is 2. The molecule has 5 rings (SSSR count). The third kappa shape index (κ3) is 3.20. The maximum Gasteiger partial charge on any atom is 0.414 e. The summed E-state index contributed by atoms with van der Waals surface area (Å²) in [6.45, 7) is 0.464. The third-order valence-corrected chi connectivity index (χ3v) is 4.89. The van der Waals surface area contributed by atoms with Crippen molar-refractivity contribution in [3.05, 3.63) is 64.5 Å². The molecule has 1 N–H and O–H groups in total. The van der Waals surface area contributed by atoms with E-state index in [9.17, 15) is 14.4 Å². The Hall–Kier alpha value is -4.01. The molecule has 9 heteroatoms. The number of ether oxygens (including phenoxy) is 3. The largest absolute Gasteiger partial charge is 0.454 e. The summed E-state index contributed by atoms with van der Waals surface area (Å²) in [5, 5.41) is 3.05. The molecular weight excluding hydrogens is 392 g/mol. The van der Waals surface area contributed by atoms with E-state index in [1.165, 1.54) is 4.90 Å². The van der Waals surface area contributed by atoms with Gasteiger partial charge in [-0.25, -0.2) is 4.79 Å². The van der Waals surface area contributed by atoms with E-state index in [2.05, 4.69) is 5.32 Å². The van der Waals surface area contributed by atoms with E-state index < -0.39 is 18.1 Å². The normalized spacial score (nSPS) is 17.3. The van der Waals surface area contributed by atoms with Crippen LogP contribution in [0.15, 0.2) is 57.7 Å². The minimum Gasteiger partial charge on any atom is -0.454 e. The lowest BCUT2D eigenvalue weighted by Crippen LogP contribution is -2.35. The number of fused-ring (bicyclic) bond motifs is 2. The Morgan fingerprint density at radius 1 is 1.07 bits per heavy atom. The number of nitrogens with one attached hydrogen (secondary N) is 1. The molecule has 3 heterocycles. The first-order valence-electron chi connectivity index (χ1n) is 9.27. The molecule has 0 aliphatic carbocycles. The first-order valence-corrected chi connectivity index (χ1v) is 9.27. The Kier molecular flexibility index (Phi) is 4.27. The fourth-order valence-corrected chi connectivity index (χ4v) is 3.40. The van der Waals surface area contributed by atoms with Gasteiger partial charge in [0.15, 0.2) is 22.7 Å². The van der Waals surface area contributed by atoms with E-state index in [1.807, 2.05) is 0 Å². The van der Waals surface area contributed by atoms with Crippen molar-refractivity contribution >= 4 is 28.7 Å². The minimum absolute atomic E-state index is 0.0716. The van der Waals surface area contributed by atoms with Crippen LogP contribution in [-0.2, 0) is 4.74 Å². The van der Waals surface area contributed by atoms with Crippen molar-refractivity contribution in [2.24, 2.45) is 0 Å². The number of nitrogens with zero attached hydrogens (tertiary/aromatic N) is 1. The van der Waals surface area contributed by atoms with Crippen LogP contribution in [0.25, 0.3) is 11.0 Å². The predicted molar refractivity (Wildman–Crippen MR) is 105 cm³/mol. The molecule has 0 saturated carbocycles. The Bertz CT molecular complexity index is 1220. The summed E-state index contributed by atoms with van der Waals surface area (Å²) in [5.41, 5.74) is 0.637. The molecule has 2 aliphatic rings. The van der Waals surface area contributed by atoms with Gasteiger partial charge in [-0.15, -0.1) is 0 Å². The molecule has 3 aromatic rings. The van der Waals surface area contributed by atoms with Crippen LogP contribution >= 0.6 is 0 Å². The Balaban J connectivity index is 1.25. The van der Waals surface area contributed by atoms with Gasteiger partial charge in [0.2, 0.25) is 6.79 Å². The number of cyclic esters (lactones) is 1. The lowest BCUT2D eigenvalue weighted by atomic mass is 10.2. The van der Waals surface area contributed by atoms with Crippen molar-refractivity contribution in [1.29, 1.82) is 0 Å². The summed E-state index contributed by atoms with van der Waals surface area (Å²) < 4.78 is 21.5. The summed E-state index contributed by atoms with van der Waals surface area (Å²) in [5.74, 6) is 0.515. The number of hydrogen-bond acceptors (Lipinski definition) is 7. The third-order valence-electron chi connectivity index (χ3n) is 4.89. The summed E-state index contributed by atoms with van der Waals surface area (Å²) in [4.78, 5) is 38.3. The quantitative estimate of drug-likeness (QED) is 0.706. The fraction of sp³-hybridized carbons (Fsp3) is 0.190. The molecule has 2 amide bonds. The molecule has 152 valence electrons. The van der Waals surface area contributed by atoms with E-state index in [-0.39, 0.29) is 31.1 Å². The zero-order chi connectivity index (χ0) is 20.7. The van der Waals surface area contributed by atoms with Crippen LogP contribution in [-0.4, -0.2) is 38.0 Å². The van der Waals surface area contributed by atoms with Gasteiger partial charge in [0, 0.05) is 12.1 Å². The van der Waals surface area contributed by atoms with E-state index in [0.717, 1.165) is 6.07 Å². The van der Waals surface area contributed by atoms with Gasteiger partial charge in [-0.1, -0.05) is 12.1 Å². The highest BCUT2D eigenvalue weighted by Gasteiger charge is 2.33. The molecule has 0 spiro atoms. The molecule has 0 unspecified atom stereocenters. The van der Waals surface area contributed by atoms with Gasteiger partial charge in [-0.05, 0) is 24.3 Å². The van der Waals surface area contributed by atoms with Crippen LogP contribution in [0, 0.1) is 0 Å². The maximum atomic E-state index is 12.4. The molecule has 1 fully saturated rings. The summed E-state index contributed by atoms with van der Waals surface area (Å²) >= 11 is 0. The van der Waals surface area contributed by atoms with E-state index >= 15 is 0 Å². The average Bonchev–Trinajstić information content (AvgIpc) is 3.37. The standard InChI is InChI=1S/C21H16N2O7/c24-15-8-19(30-16-4-2-1-3-14(15)16)20(25)22-9-13-10-23(21(26)29-13)12-5-6-17-18(7-12)28-11-27-17/h1-8,13H,9-11H2,(H,22,25)/t13-/m0/s1. The molecule has 1 aromatic heterocycles. The van der Waals surface area contributed by atoms with Gasteiger partial charge in [0.05, 0.1) is 24.2 Å². The van der Waals surface area contributed by atoms with Gasteiger partial charge < -0.3 is 23.9 Å². The van der Waals surface area contributed by atoms with Crippen LogP contribution in [0.5, 0.6) is 11.5 Å². The number of anilines is 1. The highest BCUT2D eigenvalue weighted by molar-refractivity contribution is 5.93. The zero-order valence-electron chi connectivity index (χ0n) is 15.6. The van der Waals surface area contributed by atoms with Crippen molar-refractivity contribution < 1.29 is 28.2 Å². The second-order valence-corrected chi connectivity index (χ2v) is 6.84. The van der Waals surface area contributed by atoms with Crippen molar-refractivity contribution in [3.63, 3.8) is 0 Å². The van der Waals surface area contributed by atoms with Crippen LogP contribution in [0.1, 0.15) is 10.6 Å². The fourth-order valence-electron chi connectivity index (χ4n) is 3.40. The average molecular weight is 408 g/mol. The Labute approximate surface area is 169 Å². The van der Waals surface area contributed by atoms with Gasteiger partial charge in [-0.2, -0.15) is 0 Å². The topological polar surface area (TPSA) is 107 Å². The number of benzene rings is 2. The van der Waals surface area contributed by atoms with Crippen LogP contribution < -0.4 is 25.1 Å². The highest BCUT2D eigenvalue weighted by Crippen LogP contribution is 2.36. The van der Waals surface area contributed by atoms with Crippen molar-refractivity contribution in [3.8, 4) is 11.5 Å². The molecule has 2 aromatic carbocycles.